The van der Waals surface area contributed by atoms with E-state index < -0.39 is 0 Å². The first-order valence-corrected chi connectivity index (χ1v) is 4.85. The third-order valence-corrected chi connectivity index (χ3v) is 2.00. The summed E-state index contributed by atoms with van der Waals surface area (Å²) in [5.41, 5.74) is -0.154. The topological polar surface area (TPSA) is 35.8 Å². The zero-order valence-corrected chi connectivity index (χ0v) is 8.77. The summed E-state index contributed by atoms with van der Waals surface area (Å²) in [7, 11) is 0. The average Bonchev–Trinajstić information content (AvgIpc) is 2.11. The second kappa shape index (κ2) is 6.68. The van der Waals surface area contributed by atoms with Gasteiger partial charge in [-0.15, -0.1) is 6.58 Å². The number of hydrogen-bond donors (Lipinski definition) is 1. The minimum atomic E-state index is -0.154. The third-order valence-electron chi connectivity index (χ3n) is 2.00. The van der Waals surface area contributed by atoms with Crippen LogP contribution in [0, 0.1) is 16.7 Å². The number of nitrogens with one attached hydrogen (secondary N) is 1. The molecule has 0 unspecified atom stereocenters. The lowest BCUT2D eigenvalue weighted by Gasteiger charge is -2.14. The molecule has 0 rings (SSSR count). The largest absolute Gasteiger partial charge is 0.313 e. The highest BCUT2D eigenvalue weighted by Gasteiger charge is 2.14. The van der Waals surface area contributed by atoms with Crippen LogP contribution in [0.4, 0.5) is 0 Å². The van der Waals surface area contributed by atoms with Crippen molar-refractivity contribution in [1.82, 2.24) is 5.32 Å². The molecule has 0 fully saturated rings. The van der Waals surface area contributed by atoms with Gasteiger partial charge in [-0.3, -0.25) is 0 Å². The van der Waals surface area contributed by atoms with E-state index in [1.54, 1.807) is 0 Å². The van der Waals surface area contributed by atoms with Gasteiger partial charge in [0.25, 0.3) is 0 Å². The number of hydrogen-bond acceptors (Lipinski definition) is 2. The standard InChI is InChI=1S/C11H20N2/c1-4-8-13-9-6-5-7-11(2,3)10-12/h4,13H,1,5-9H2,2-3H3. The van der Waals surface area contributed by atoms with Crippen molar-refractivity contribution in [3.63, 3.8) is 0 Å². The van der Waals surface area contributed by atoms with E-state index in [1.807, 2.05) is 19.9 Å². The Labute approximate surface area is 81.6 Å². The normalized spacial score (nSPS) is 10.8. The van der Waals surface area contributed by atoms with Crippen LogP contribution in [-0.2, 0) is 0 Å². The second-order valence-corrected chi connectivity index (χ2v) is 3.95. The molecule has 0 bridgehead atoms. The Bertz CT molecular complexity index is 177. The predicted molar refractivity (Wildman–Crippen MR) is 56.3 cm³/mol. The minimum Gasteiger partial charge on any atom is -0.313 e. The van der Waals surface area contributed by atoms with Crippen LogP contribution < -0.4 is 5.32 Å². The van der Waals surface area contributed by atoms with Gasteiger partial charge in [-0.2, -0.15) is 5.26 Å². The van der Waals surface area contributed by atoms with Crippen molar-refractivity contribution in [2.75, 3.05) is 13.1 Å². The van der Waals surface area contributed by atoms with Gasteiger partial charge in [0.1, 0.15) is 0 Å². The first-order chi connectivity index (χ1) is 6.12. The molecule has 0 aliphatic heterocycles. The van der Waals surface area contributed by atoms with Crippen molar-refractivity contribution in [2.24, 2.45) is 5.41 Å². The molecule has 0 spiro atoms. The van der Waals surface area contributed by atoms with E-state index in [4.69, 9.17) is 5.26 Å². The summed E-state index contributed by atoms with van der Waals surface area (Å²) in [4.78, 5) is 0. The van der Waals surface area contributed by atoms with Crippen LogP contribution in [0.3, 0.4) is 0 Å². The summed E-state index contributed by atoms with van der Waals surface area (Å²) < 4.78 is 0. The molecule has 0 atom stereocenters. The summed E-state index contributed by atoms with van der Waals surface area (Å²) in [5, 5.41) is 12.0. The Morgan fingerprint density at radius 3 is 2.69 bits per heavy atom. The molecular formula is C11H20N2. The lowest BCUT2D eigenvalue weighted by Crippen LogP contribution is -2.15. The molecule has 1 N–H and O–H groups in total. The molecule has 13 heavy (non-hydrogen) atoms. The quantitative estimate of drug-likeness (QED) is 0.482. The van der Waals surface area contributed by atoms with Crippen LogP contribution in [0.1, 0.15) is 33.1 Å². The first-order valence-electron chi connectivity index (χ1n) is 4.85. The molecule has 0 aliphatic carbocycles. The molecule has 0 aromatic rings. The van der Waals surface area contributed by atoms with Gasteiger partial charge in [0.15, 0.2) is 0 Å². The van der Waals surface area contributed by atoms with Crippen LogP contribution in [0.5, 0.6) is 0 Å². The summed E-state index contributed by atoms with van der Waals surface area (Å²) in [6.07, 6.45) is 5.10. The van der Waals surface area contributed by atoms with Crippen molar-refractivity contribution in [2.45, 2.75) is 33.1 Å². The number of nitriles is 1. The van der Waals surface area contributed by atoms with Crippen LogP contribution in [-0.4, -0.2) is 13.1 Å². The van der Waals surface area contributed by atoms with E-state index >= 15 is 0 Å². The molecule has 0 saturated heterocycles. The summed E-state index contributed by atoms with van der Waals surface area (Å²) in [6.45, 7) is 9.50. The van der Waals surface area contributed by atoms with Gasteiger partial charge in [0.05, 0.1) is 11.5 Å². The molecule has 0 aliphatic rings. The Morgan fingerprint density at radius 2 is 2.15 bits per heavy atom. The fraction of sp³-hybridized carbons (Fsp3) is 0.727. The van der Waals surface area contributed by atoms with E-state index in [2.05, 4.69) is 18.0 Å². The highest BCUT2D eigenvalue weighted by Crippen LogP contribution is 2.21. The number of nitrogens with zero attached hydrogens (tertiary/aromatic N) is 1. The zero-order valence-electron chi connectivity index (χ0n) is 8.77. The van der Waals surface area contributed by atoms with Crippen molar-refractivity contribution >= 4 is 0 Å². The van der Waals surface area contributed by atoms with Crippen molar-refractivity contribution in [3.8, 4) is 6.07 Å². The lowest BCUT2D eigenvalue weighted by atomic mass is 9.89. The SMILES string of the molecule is C=CCNCCCCC(C)(C)C#N. The molecule has 0 amide bonds. The third kappa shape index (κ3) is 7.55. The van der Waals surface area contributed by atoms with Crippen LogP contribution in [0.2, 0.25) is 0 Å². The lowest BCUT2D eigenvalue weighted by molar-refractivity contribution is 0.424. The molecule has 0 heterocycles. The van der Waals surface area contributed by atoms with E-state index in [-0.39, 0.29) is 5.41 Å². The summed E-state index contributed by atoms with van der Waals surface area (Å²) >= 11 is 0. The van der Waals surface area contributed by atoms with E-state index in [1.165, 1.54) is 0 Å². The maximum absolute atomic E-state index is 8.76. The van der Waals surface area contributed by atoms with E-state index in [0.717, 1.165) is 32.4 Å². The molecule has 0 radical (unpaired) electrons. The van der Waals surface area contributed by atoms with Gasteiger partial charge in [-0.05, 0) is 33.2 Å². The van der Waals surface area contributed by atoms with Crippen LogP contribution in [0.25, 0.3) is 0 Å². The van der Waals surface area contributed by atoms with Crippen LogP contribution in [0.15, 0.2) is 12.7 Å². The monoisotopic (exact) mass is 180 g/mol. The van der Waals surface area contributed by atoms with Gasteiger partial charge in [-0.1, -0.05) is 12.5 Å². The Hall–Kier alpha value is -0.810. The van der Waals surface area contributed by atoms with Crippen molar-refractivity contribution in [1.29, 1.82) is 5.26 Å². The smallest absolute Gasteiger partial charge is 0.0683 e. The predicted octanol–water partition coefficient (Wildman–Crippen LogP) is 2.48. The first kappa shape index (κ1) is 12.2. The maximum Gasteiger partial charge on any atom is 0.0683 e. The molecule has 0 aromatic carbocycles. The second-order valence-electron chi connectivity index (χ2n) is 3.95. The van der Waals surface area contributed by atoms with Gasteiger partial charge in [0, 0.05) is 6.54 Å². The Morgan fingerprint density at radius 1 is 1.46 bits per heavy atom. The van der Waals surface area contributed by atoms with Gasteiger partial charge in [-0.25, -0.2) is 0 Å². The molecule has 74 valence electrons. The van der Waals surface area contributed by atoms with E-state index in [0.29, 0.717) is 0 Å². The van der Waals surface area contributed by atoms with Gasteiger partial charge in [0.2, 0.25) is 0 Å². The average molecular weight is 180 g/mol. The molecule has 2 heteroatoms. The molecule has 2 nitrogen and oxygen atoms in total. The van der Waals surface area contributed by atoms with Crippen LogP contribution >= 0.6 is 0 Å². The maximum atomic E-state index is 8.76. The molecule has 0 saturated carbocycles. The highest BCUT2D eigenvalue weighted by atomic mass is 14.8. The fourth-order valence-electron chi connectivity index (χ4n) is 1.08. The van der Waals surface area contributed by atoms with Crippen molar-refractivity contribution < 1.29 is 0 Å². The van der Waals surface area contributed by atoms with E-state index in [9.17, 15) is 0 Å². The minimum absolute atomic E-state index is 0.154. The Kier molecular flexibility index (Phi) is 6.26. The summed E-state index contributed by atoms with van der Waals surface area (Å²) in [6, 6.07) is 2.31. The number of rotatable bonds is 7. The zero-order chi connectivity index (χ0) is 10.2. The molecule has 0 aromatic heterocycles. The summed E-state index contributed by atoms with van der Waals surface area (Å²) in [5.74, 6) is 0. The van der Waals surface area contributed by atoms with Crippen molar-refractivity contribution in [3.05, 3.63) is 12.7 Å². The van der Waals surface area contributed by atoms with Gasteiger partial charge < -0.3 is 5.32 Å². The highest BCUT2D eigenvalue weighted by molar-refractivity contribution is 4.91. The Balaban J connectivity index is 3.27. The molecular weight excluding hydrogens is 160 g/mol. The number of unbranched alkanes of at least 4 members (excludes halogenated alkanes) is 1. The fourth-order valence-corrected chi connectivity index (χ4v) is 1.08. The van der Waals surface area contributed by atoms with Gasteiger partial charge >= 0.3 is 0 Å².